The van der Waals surface area contributed by atoms with Crippen molar-refractivity contribution in [3.8, 4) is 16.9 Å². The molecule has 1 aliphatic carbocycles. The number of ketones is 1. The van der Waals surface area contributed by atoms with Gasteiger partial charge in [0.05, 0.1) is 32.0 Å². The average Bonchev–Trinajstić information content (AvgIpc) is 3.34. The van der Waals surface area contributed by atoms with Crippen molar-refractivity contribution in [3.05, 3.63) is 103 Å². The van der Waals surface area contributed by atoms with Crippen LogP contribution in [0.5, 0.6) is 5.75 Å². The number of allylic oxidation sites excluding steroid dienone is 2. The predicted molar refractivity (Wildman–Crippen MR) is 159 cm³/mol. The van der Waals surface area contributed by atoms with Gasteiger partial charge in [0.1, 0.15) is 5.75 Å². The van der Waals surface area contributed by atoms with Gasteiger partial charge < -0.3 is 14.2 Å². The predicted octanol–water partition coefficient (Wildman–Crippen LogP) is 6.25. The maximum atomic E-state index is 13.2. The Kier molecular flexibility index (Phi) is 10.5. The van der Waals surface area contributed by atoms with E-state index >= 15 is 0 Å². The molecule has 1 heterocycles. The number of morpholine rings is 1. The van der Waals surface area contributed by atoms with Crippen molar-refractivity contribution in [2.24, 2.45) is 5.92 Å². The molecule has 41 heavy (non-hydrogen) atoms. The summed E-state index contributed by atoms with van der Waals surface area (Å²) >= 11 is 0. The van der Waals surface area contributed by atoms with Gasteiger partial charge in [0.15, 0.2) is 5.78 Å². The van der Waals surface area contributed by atoms with Crippen molar-refractivity contribution in [1.29, 1.82) is 0 Å². The molecule has 2 aliphatic rings. The Bertz CT molecular complexity index is 1270. The first-order valence-electron chi connectivity index (χ1n) is 14.7. The topological polar surface area (TPSA) is 65.1 Å². The molecule has 214 valence electrons. The molecular weight excluding hydrogens is 514 g/mol. The Morgan fingerprint density at radius 3 is 2.29 bits per heavy atom. The molecule has 0 unspecified atom stereocenters. The summed E-state index contributed by atoms with van der Waals surface area (Å²) in [7, 11) is 0. The second kappa shape index (κ2) is 14.9. The van der Waals surface area contributed by atoms with Crippen LogP contribution in [0.3, 0.4) is 0 Å². The van der Waals surface area contributed by atoms with E-state index in [4.69, 9.17) is 14.2 Å². The molecule has 3 aromatic carbocycles. The Balaban J connectivity index is 1.15. The molecule has 1 saturated carbocycles. The molecule has 3 aromatic rings. The molecular formula is C35H39NO5. The number of esters is 1. The van der Waals surface area contributed by atoms with Gasteiger partial charge in [-0.15, -0.1) is 0 Å². The third-order valence-corrected chi connectivity index (χ3v) is 7.88. The van der Waals surface area contributed by atoms with E-state index in [1.807, 2.05) is 36.4 Å². The molecule has 0 aromatic heterocycles. The quantitative estimate of drug-likeness (QED) is 0.114. The summed E-state index contributed by atoms with van der Waals surface area (Å²) in [5.74, 6) is 0.705. The molecule has 1 aliphatic heterocycles. The molecule has 3 atom stereocenters. The van der Waals surface area contributed by atoms with Gasteiger partial charge in [0, 0.05) is 31.8 Å². The first kappa shape index (κ1) is 28.9. The minimum absolute atomic E-state index is 0.0866. The highest BCUT2D eigenvalue weighted by atomic mass is 16.5. The first-order chi connectivity index (χ1) is 20.2. The SMILES string of the molecule is O=C(CCCC=CC[C@H]1[C@@H](OCc2ccc(-c3ccccc3)cc2)CC(=O)[C@@H]1N1CCOCC1)Oc1ccccc1. The smallest absolute Gasteiger partial charge is 0.311 e. The molecule has 2 fully saturated rings. The lowest BCUT2D eigenvalue weighted by Crippen LogP contribution is -2.49. The maximum Gasteiger partial charge on any atom is 0.311 e. The zero-order valence-corrected chi connectivity index (χ0v) is 23.5. The van der Waals surface area contributed by atoms with Crippen molar-refractivity contribution in [1.82, 2.24) is 4.90 Å². The van der Waals surface area contributed by atoms with Gasteiger partial charge in [-0.1, -0.05) is 84.9 Å². The monoisotopic (exact) mass is 553 g/mol. The number of unbranched alkanes of at least 4 members (excludes halogenated alkanes) is 1. The van der Waals surface area contributed by atoms with E-state index < -0.39 is 0 Å². The van der Waals surface area contributed by atoms with E-state index in [9.17, 15) is 9.59 Å². The van der Waals surface area contributed by atoms with Crippen LogP contribution in [0, 0.1) is 5.92 Å². The summed E-state index contributed by atoms with van der Waals surface area (Å²) in [6.07, 6.45) is 7.22. The van der Waals surface area contributed by atoms with Crippen LogP contribution in [0.4, 0.5) is 0 Å². The Morgan fingerprint density at radius 2 is 1.56 bits per heavy atom. The summed E-state index contributed by atoms with van der Waals surface area (Å²) in [6, 6.07) is 27.8. The van der Waals surface area contributed by atoms with Crippen molar-refractivity contribution in [2.75, 3.05) is 26.3 Å². The Morgan fingerprint density at radius 1 is 0.878 bits per heavy atom. The highest BCUT2D eigenvalue weighted by Crippen LogP contribution is 2.34. The number of para-hydroxylation sites is 1. The lowest BCUT2D eigenvalue weighted by atomic mass is 9.95. The van der Waals surface area contributed by atoms with Gasteiger partial charge in [-0.25, -0.2) is 0 Å². The second-order valence-electron chi connectivity index (χ2n) is 10.7. The van der Waals surface area contributed by atoms with E-state index in [0.29, 0.717) is 38.4 Å². The fraction of sp³-hybridized carbons (Fsp3) is 0.371. The molecule has 0 bridgehead atoms. The fourth-order valence-electron chi connectivity index (χ4n) is 5.74. The largest absolute Gasteiger partial charge is 0.427 e. The summed E-state index contributed by atoms with van der Waals surface area (Å²) in [5, 5.41) is 0. The number of benzene rings is 3. The van der Waals surface area contributed by atoms with Crippen LogP contribution >= 0.6 is 0 Å². The van der Waals surface area contributed by atoms with Gasteiger partial charge >= 0.3 is 5.97 Å². The second-order valence-corrected chi connectivity index (χ2v) is 10.7. The van der Waals surface area contributed by atoms with Crippen LogP contribution in [0.15, 0.2) is 97.1 Å². The van der Waals surface area contributed by atoms with Crippen LogP contribution in [-0.4, -0.2) is 55.1 Å². The number of carbonyl (C=O) groups excluding carboxylic acids is 2. The minimum Gasteiger partial charge on any atom is -0.427 e. The fourth-order valence-corrected chi connectivity index (χ4v) is 5.74. The third-order valence-electron chi connectivity index (χ3n) is 7.88. The molecule has 1 saturated heterocycles. The van der Waals surface area contributed by atoms with Gasteiger partial charge in [0.25, 0.3) is 0 Å². The number of rotatable bonds is 12. The van der Waals surface area contributed by atoms with Crippen LogP contribution in [0.25, 0.3) is 11.1 Å². The van der Waals surface area contributed by atoms with Crippen LogP contribution in [0.1, 0.15) is 37.7 Å². The molecule has 6 nitrogen and oxygen atoms in total. The molecule has 6 heteroatoms. The summed E-state index contributed by atoms with van der Waals surface area (Å²) in [4.78, 5) is 27.6. The number of Topliss-reactive ketones (excluding diaryl/α,β-unsaturated/α-hetero) is 1. The van der Waals surface area contributed by atoms with E-state index in [0.717, 1.165) is 37.9 Å². The molecule has 0 amide bonds. The maximum absolute atomic E-state index is 13.2. The molecule has 0 N–H and O–H groups in total. The van der Waals surface area contributed by atoms with E-state index in [1.165, 1.54) is 11.1 Å². The number of carbonyl (C=O) groups is 2. The van der Waals surface area contributed by atoms with E-state index in [2.05, 4.69) is 53.5 Å². The average molecular weight is 554 g/mol. The van der Waals surface area contributed by atoms with E-state index in [-0.39, 0.29) is 29.8 Å². The molecule has 5 rings (SSSR count). The lowest BCUT2D eigenvalue weighted by Gasteiger charge is -2.35. The van der Waals surface area contributed by atoms with Crippen molar-refractivity contribution in [2.45, 2.75) is 50.9 Å². The summed E-state index contributed by atoms with van der Waals surface area (Å²) < 4.78 is 17.3. The summed E-state index contributed by atoms with van der Waals surface area (Å²) in [6.45, 7) is 3.34. The van der Waals surface area contributed by atoms with Gasteiger partial charge in [-0.3, -0.25) is 14.5 Å². The standard InChI is InChI=1S/C35H39NO5/c37-32-25-33(40-26-27-17-19-29(20-18-27)28-11-5-3-6-12-28)31(35(32)36-21-23-39-24-22-36)15-9-1-2-10-16-34(38)41-30-13-7-4-8-14-30/h1,3-9,11-14,17-20,31,33,35H,2,10,15-16,21-26H2/t31-,33-,35+/m0/s1. The number of hydrogen-bond acceptors (Lipinski definition) is 6. The first-order valence-corrected chi connectivity index (χ1v) is 14.7. The minimum atomic E-state index is -0.219. The van der Waals surface area contributed by atoms with Crippen molar-refractivity contribution in [3.63, 3.8) is 0 Å². The van der Waals surface area contributed by atoms with Gasteiger partial charge in [-0.2, -0.15) is 0 Å². The number of nitrogens with zero attached hydrogens (tertiary/aromatic N) is 1. The van der Waals surface area contributed by atoms with Crippen molar-refractivity contribution < 1.29 is 23.8 Å². The number of ether oxygens (including phenoxy) is 3. The zero-order valence-electron chi connectivity index (χ0n) is 23.5. The normalized spacial score (nSPS) is 21.4. The van der Waals surface area contributed by atoms with Gasteiger partial charge in [0.2, 0.25) is 0 Å². The third kappa shape index (κ3) is 8.23. The summed E-state index contributed by atoms with van der Waals surface area (Å²) in [5.41, 5.74) is 3.47. The number of hydrogen-bond donors (Lipinski definition) is 0. The molecule has 0 spiro atoms. The van der Waals surface area contributed by atoms with Gasteiger partial charge in [-0.05, 0) is 48.1 Å². The Labute approximate surface area is 242 Å². The van der Waals surface area contributed by atoms with Crippen LogP contribution in [0.2, 0.25) is 0 Å². The Hall–Kier alpha value is -3.58. The molecule has 0 radical (unpaired) electrons. The van der Waals surface area contributed by atoms with E-state index in [1.54, 1.807) is 12.1 Å². The highest BCUT2D eigenvalue weighted by Gasteiger charge is 2.45. The lowest BCUT2D eigenvalue weighted by molar-refractivity contribution is -0.134. The van der Waals surface area contributed by atoms with Crippen LogP contribution in [-0.2, 0) is 25.7 Å². The van der Waals surface area contributed by atoms with Crippen molar-refractivity contribution >= 4 is 11.8 Å². The zero-order chi connectivity index (χ0) is 28.3. The highest BCUT2D eigenvalue weighted by molar-refractivity contribution is 5.87. The van der Waals surface area contributed by atoms with Crippen LogP contribution < -0.4 is 4.74 Å².